The van der Waals surface area contributed by atoms with Crippen LogP contribution in [0.2, 0.25) is 0 Å². The summed E-state index contributed by atoms with van der Waals surface area (Å²) in [6.07, 6.45) is 2.10. The van der Waals surface area contributed by atoms with Crippen molar-refractivity contribution in [3.8, 4) is 0 Å². The first-order valence-electron chi connectivity index (χ1n) is 6.97. The van der Waals surface area contributed by atoms with Gasteiger partial charge in [-0.15, -0.1) is 0 Å². The molecule has 1 aromatic carbocycles. The maximum absolute atomic E-state index is 13.5. The van der Waals surface area contributed by atoms with Gasteiger partial charge in [-0.25, -0.2) is 21.9 Å². The zero-order valence-electron chi connectivity index (χ0n) is 11.8. The first kappa shape index (κ1) is 16.8. The maximum atomic E-state index is 13.5. The Kier molecular flexibility index (Phi) is 5.12. The summed E-state index contributed by atoms with van der Waals surface area (Å²) in [5, 5.41) is 8.90. The fraction of sp³-hybridized carbons (Fsp3) is 0.500. The van der Waals surface area contributed by atoms with Crippen molar-refractivity contribution in [1.82, 2.24) is 4.72 Å². The van der Waals surface area contributed by atoms with Crippen LogP contribution in [0.15, 0.2) is 23.1 Å². The number of hydrogen-bond donors (Lipinski definition) is 2. The molecule has 0 atom stereocenters. The Hall–Kier alpha value is -1.54. The molecule has 1 fully saturated rings. The molecule has 1 aliphatic carbocycles. The average Bonchev–Trinajstić information content (AvgIpc) is 2.45. The van der Waals surface area contributed by atoms with Gasteiger partial charge in [0.2, 0.25) is 10.0 Å². The molecule has 2 rings (SSSR count). The second-order valence-electron chi connectivity index (χ2n) is 5.46. The standard InChI is InChI=1S/C14H17F2NO4S/c15-11-2-1-3-12(16)13(11)22(20,21)17-8-9-4-6-10(7-5-9)14(18)19/h1-3,9-10,17H,4-8H2,(H,18,19). The minimum absolute atomic E-state index is 0.0276. The van der Waals surface area contributed by atoms with Crippen molar-refractivity contribution in [1.29, 1.82) is 0 Å². The van der Waals surface area contributed by atoms with E-state index in [9.17, 15) is 22.0 Å². The number of carboxylic acids is 1. The highest BCUT2D eigenvalue weighted by Gasteiger charge is 2.28. The topological polar surface area (TPSA) is 83.5 Å². The molecule has 2 N–H and O–H groups in total. The van der Waals surface area contributed by atoms with Gasteiger partial charge in [0.05, 0.1) is 5.92 Å². The molecule has 1 aliphatic rings. The summed E-state index contributed by atoms with van der Waals surface area (Å²) in [7, 11) is -4.27. The van der Waals surface area contributed by atoms with E-state index in [4.69, 9.17) is 5.11 Å². The summed E-state index contributed by atoms with van der Waals surface area (Å²) in [6, 6.07) is 2.86. The van der Waals surface area contributed by atoms with Crippen LogP contribution in [0, 0.1) is 23.5 Å². The summed E-state index contributed by atoms with van der Waals surface area (Å²) >= 11 is 0. The Labute approximate surface area is 127 Å². The molecule has 0 radical (unpaired) electrons. The number of carboxylic acid groups (broad SMARTS) is 1. The van der Waals surface area contributed by atoms with E-state index in [1.54, 1.807) is 0 Å². The Morgan fingerprint density at radius 1 is 1.18 bits per heavy atom. The van der Waals surface area contributed by atoms with Crippen molar-refractivity contribution in [3.63, 3.8) is 0 Å². The summed E-state index contributed by atoms with van der Waals surface area (Å²) in [6.45, 7) is 0.0441. The Morgan fingerprint density at radius 3 is 2.23 bits per heavy atom. The number of aliphatic carboxylic acids is 1. The largest absolute Gasteiger partial charge is 0.481 e. The monoisotopic (exact) mass is 333 g/mol. The summed E-state index contributed by atoms with van der Waals surface area (Å²) in [5.74, 6) is -3.53. The highest BCUT2D eigenvalue weighted by atomic mass is 32.2. The van der Waals surface area contributed by atoms with Gasteiger partial charge >= 0.3 is 5.97 Å². The van der Waals surface area contributed by atoms with Crippen molar-refractivity contribution in [2.75, 3.05) is 6.54 Å². The van der Waals surface area contributed by atoms with Crippen molar-refractivity contribution in [2.45, 2.75) is 30.6 Å². The lowest BCUT2D eigenvalue weighted by Gasteiger charge is -2.26. The zero-order chi connectivity index (χ0) is 16.3. The molecule has 22 heavy (non-hydrogen) atoms. The van der Waals surface area contributed by atoms with Crippen LogP contribution in [-0.4, -0.2) is 26.0 Å². The van der Waals surface area contributed by atoms with Crippen molar-refractivity contribution < 1.29 is 27.1 Å². The highest BCUT2D eigenvalue weighted by molar-refractivity contribution is 7.89. The Morgan fingerprint density at radius 2 is 1.73 bits per heavy atom. The molecule has 0 aromatic heterocycles. The van der Waals surface area contributed by atoms with Gasteiger partial charge in [-0.1, -0.05) is 6.07 Å². The normalized spacial score (nSPS) is 22.5. The van der Waals surface area contributed by atoms with Crippen LogP contribution in [0.25, 0.3) is 0 Å². The van der Waals surface area contributed by atoms with Gasteiger partial charge in [0.1, 0.15) is 11.6 Å². The minimum Gasteiger partial charge on any atom is -0.481 e. The maximum Gasteiger partial charge on any atom is 0.306 e. The third-order valence-corrected chi connectivity index (χ3v) is 5.42. The third-order valence-electron chi connectivity index (χ3n) is 3.95. The van der Waals surface area contributed by atoms with Crippen LogP contribution in [0.5, 0.6) is 0 Å². The second-order valence-corrected chi connectivity index (χ2v) is 7.16. The summed E-state index contributed by atoms with van der Waals surface area (Å²) in [5.41, 5.74) is 0. The molecule has 1 aromatic rings. The van der Waals surface area contributed by atoms with Gasteiger partial charge in [-0.3, -0.25) is 4.79 Å². The van der Waals surface area contributed by atoms with Crippen LogP contribution in [0.1, 0.15) is 25.7 Å². The van der Waals surface area contributed by atoms with E-state index in [-0.39, 0.29) is 12.5 Å². The van der Waals surface area contributed by atoms with E-state index >= 15 is 0 Å². The summed E-state index contributed by atoms with van der Waals surface area (Å²) < 4.78 is 53.3. The summed E-state index contributed by atoms with van der Waals surface area (Å²) in [4.78, 5) is 9.87. The first-order valence-corrected chi connectivity index (χ1v) is 8.46. The number of halogens is 2. The average molecular weight is 333 g/mol. The fourth-order valence-electron chi connectivity index (χ4n) is 2.65. The number of benzene rings is 1. The number of hydrogen-bond acceptors (Lipinski definition) is 3. The number of nitrogens with one attached hydrogen (secondary N) is 1. The van der Waals surface area contributed by atoms with E-state index in [0.29, 0.717) is 25.7 Å². The van der Waals surface area contributed by atoms with E-state index in [0.717, 1.165) is 18.2 Å². The SMILES string of the molecule is O=C(O)C1CCC(CNS(=O)(=O)c2c(F)cccc2F)CC1. The van der Waals surface area contributed by atoms with Crippen LogP contribution in [-0.2, 0) is 14.8 Å². The smallest absolute Gasteiger partial charge is 0.306 e. The highest BCUT2D eigenvalue weighted by Crippen LogP contribution is 2.29. The molecule has 0 unspecified atom stereocenters. The molecule has 122 valence electrons. The first-order chi connectivity index (χ1) is 10.3. The van der Waals surface area contributed by atoms with Gasteiger partial charge in [0, 0.05) is 6.54 Å². The van der Waals surface area contributed by atoms with Crippen molar-refractivity contribution in [3.05, 3.63) is 29.8 Å². The van der Waals surface area contributed by atoms with Gasteiger partial charge in [0.25, 0.3) is 0 Å². The van der Waals surface area contributed by atoms with Crippen molar-refractivity contribution in [2.24, 2.45) is 11.8 Å². The molecule has 0 heterocycles. The van der Waals surface area contributed by atoms with Gasteiger partial charge in [-0.2, -0.15) is 0 Å². The molecule has 1 saturated carbocycles. The van der Waals surface area contributed by atoms with Crippen LogP contribution in [0.4, 0.5) is 8.78 Å². The van der Waals surface area contributed by atoms with Crippen LogP contribution in [0.3, 0.4) is 0 Å². The molecule has 0 saturated heterocycles. The lowest BCUT2D eigenvalue weighted by Crippen LogP contribution is -2.33. The van der Waals surface area contributed by atoms with E-state index in [2.05, 4.69) is 4.72 Å². The molecule has 0 amide bonds. The minimum atomic E-state index is -4.27. The van der Waals surface area contributed by atoms with E-state index in [1.807, 2.05) is 0 Å². The molecule has 5 nitrogen and oxygen atoms in total. The fourth-order valence-corrected chi connectivity index (χ4v) is 3.90. The zero-order valence-corrected chi connectivity index (χ0v) is 12.6. The second kappa shape index (κ2) is 6.70. The number of rotatable bonds is 5. The Balaban J connectivity index is 1.98. The number of carbonyl (C=O) groups is 1. The van der Waals surface area contributed by atoms with Crippen LogP contribution < -0.4 is 4.72 Å². The predicted molar refractivity (Wildman–Crippen MR) is 74.6 cm³/mol. The predicted octanol–water partition coefficient (Wildman–Crippen LogP) is 2.13. The molecule has 8 heteroatoms. The molecule has 0 spiro atoms. The quantitative estimate of drug-likeness (QED) is 0.865. The number of sulfonamides is 1. The molecule has 0 aliphatic heterocycles. The van der Waals surface area contributed by atoms with Gasteiger partial charge in [0.15, 0.2) is 4.90 Å². The van der Waals surface area contributed by atoms with Crippen molar-refractivity contribution >= 4 is 16.0 Å². The van der Waals surface area contributed by atoms with Crippen LogP contribution >= 0.6 is 0 Å². The van der Waals surface area contributed by atoms with Gasteiger partial charge in [-0.05, 0) is 43.7 Å². The molecular formula is C14H17F2NO4S. The van der Waals surface area contributed by atoms with E-state index in [1.165, 1.54) is 0 Å². The molecule has 0 bridgehead atoms. The lowest BCUT2D eigenvalue weighted by molar-refractivity contribution is -0.143. The molecular weight excluding hydrogens is 316 g/mol. The Bertz CT molecular complexity index is 635. The van der Waals surface area contributed by atoms with E-state index < -0.39 is 38.4 Å². The lowest BCUT2D eigenvalue weighted by atomic mass is 9.82. The third kappa shape index (κ3) is 3.80. The van der Waals surface area contributed by atoms with Gasteiger partial charge < -0.3 is 5.11 Å².